The van der Waals surface area contributed by atoms with Crippen LogP contribution in [0.3, 0.4) is 0 Å². The number of thiazole rings is 1. The minimum atomic E-state index is -0.311. The number of halogens is 1. The third kappa shape index (κ3) is 2.25. The number of amides is 1. The maximum Gasteiger partial charge on any atom is 0.293 e. The highest BCUT2D eigenvalue weighted by Gasteiger charge is 2.14. The van der Waals surface area contributed by atoms with E-state index in [1.54, 1.807) is 24.6 Å². The molecular formula is C10H9ClN2O2S. The van der Waals surface area contributed by atoms with Crippen molar-refractivity contribution in [3.8, 4) is 0 Å². The van der Waals surface area contributed by atoms with Crippen LogP contribution < -0.4 is 5.32 Å². The van der Waals surface area contributed by atoms with Gasteiger partial charge in [-0.2, -0.15) is 0 Å². The monoisotopic (exact) mass is 256 g/mol. The van der Waals surface area contributed by atoms with Gasteiger partial charge >= 0.3 is 0 Å². The van der Waals surface area contributed by atoms with Crippen LogP contribution in [0.5, 0.6) is 0 Å². The highest BCUT2D eigenvalue weighted by Crippen LogP contribution is 2.18. The second-order valence-electron chi connectivity index (χ2n) is 3.12. The molecule has 0 fully saturated rings. The maximum atomic E-state index is 11.7. The normalized spacial score (nSPS) is 10.4. The highest BCUT2D eigenvalue weighted by molar-refractivity contribution is 7.13. The van der Waals surface area contributed by atoms with Crippen LogP contribution in [-0.2, 0) is 5.88 Å². The molecule has 6 heteroatoms. The minimum absolute atomic E-state index is 0.253. The topological polar surface area (TPSA) is 55.1 Å². The lowest BCUT2D eigenvalue weighted by atomic mass is 10.3. The van der Waals surface area contributed by atoms with Crippen molar-refractivity contribution in [3.63, 3.8) is 0 Å². The molecule has 2 aromatic rings. The van der Waals surface area contributed by atoms with Crippen LogP contribution in [-0.4, -0.2) is 10.9 Å². The Morgan fingerprint density at radius 2 is 2.50 bits per heavy atom. The van der Waals surface area contributed by atoms with Crippen LogP contribution in [0.2, 0.25) is 0 Å². The van der Waals surface area contributed by atoms with Crippen LogP contribution in [0.4, 0.5) is 5.13 Å². The minimum Gasteiger partial charge on any atom is -0.456 e. The number of nitrogens with one attached hydrogen (secondary N) is 1. The van der Waals surface area contributed by atoms with E-state index in [1.165, 1.54) is 11.3 Å². The number of carbonyl (C=O) groups excluding carboxylic acids is 1. The van der Waals surface area contributed by atoms with Crippen molar-refractivity contribution >= 4 is 34.0 Å². The van der Waals surface area contributed by atoms with E-state index >= 15 is 0 Å². The van der Waals surface area contributed by atoms with E-state index in [4.69, 9.17) is 16.0 Å². The Morgan fingerprint density at radius 1 is 1.69 bits per heavy atom. The molecular weight excluding hydrogens is 248 g/mol. The number of nitrogens with zero attached hydrogens (tertiary/aromatic N) is 1. The van der Waals surface area contributed by atoms with Crippen molar-refractivity contribution in [2.24, 2.45) is 0 Å². The van der Waals surface area contributed by atoms with Gasteiger partial charge in [0.05, 0.1) is 5.88 Å². The third-order valence-corrected chi connectivity index (χ3v) is 3.02. The van der Waals surface area contributed by atoms with Gasteiger partial charge in [-0.1, -0.05) is 0 Å². The largest absolute Gasteiger partial charge is 0.456 e. The lowest BCUT2D eigenvalue weighted by Gasteiger charge is -1.96. The van der Waals surface area contributed by atoms with Gasteiger partial charge in [0.1, 0.15) is 5.76 Å². The Morgan fingerprint density at radius 3 is 3.06 bits per heavy atom. The Hall–Kier alpha value is -1.33. The molecule has 84 valence electrons. The van der Waals surface area contributed by atoms with Gasteiger partial charge in [0, 0.05) is 17.1 Å². The molecule has 16 heavy (non-hydrogen) atoms. The number of hydrogen-bond donors (Lipinski definition) is 1. The van der Waals surface area contributed by atoms with Crippen molar-refractivity contribution in [2.75, 3.05) is 5.32 Å². The highest BCUT2D eigenvalue weighted by atomic mass is 35.5. The zero-order chi connectivity index (χ0) is 11.5. The van der Waals surface area contributed by atoms with Crippen LogP contribution in [0.1, 0.15) is 21.9 Å². The number of aromatic nitrogens is 1. The summed E-state index contributed by atoms with van der Waals surface area (Å²) in [7, 11) is 0. The first-order valence-corrected chi connectivity index (χ1v) is 5.98. The van der Waals surface area contributed by atoms with Crippen LogP contribution >= 0.6 is 22.9 Å². The second kappa shape index (κ2) is 4.67. The van der Waals surface area contributed by atoms with Gasteiger partial charge < -0.3 is 4.42 Å². The number of alkyl halides is 1. The molecule has 2 heterocycles. The summed E-state index contributed by atoms with van der Waals surface area (Å²) in [5.74, 6) is 0.942. The van der Waals surface area contributed by atoms with Crippen molar-refractivity contribution in [3.05, 3.63) is 34.7 Å². The number of aryl methyl sites for hydroxylation is 1. The molecule has 0 saturated heterocycles. The molecule has 2 aromatic heterocycles. The van der Waals surface area contributed by atoms with E-state index < -0.39 is 0 Å². The van der Waals surface area contributed by atoms with Gasteiger partial charge in [0.25, 0.3) is 5.91 Å². The van der Waals surface area contributed by atoms with Gasteiger partial charge in [-0.3, -0.25) is 10.1 Å². The Kier molecular flexibility index (Phi) is 3.26. The van der Waals surface area contributed by atoms with Gasteiger partial charge in [0.15, 0.2) is 10.9 Å². The predicted octanol–water partition coefficient (Wildman–Crippen LogP) is 3.04. The number of furan rings is 1. The molecule has 1 N–H and O–H groups in total. The fourth-order valence-corrected chi connectivity index (χ4v) is 2.00. The number of rotatable bonds is 3. The summed E-state index contributed by atoms with van der Waals surface area (Å²) >= 11 is 7.04. The third-order valence-electron chi connectivity index (χ3n) is 2.04. The summed E-state index contributed by atoms with van der Waals surface area (Å²) in [5, 5.41) is 4.97. The van der Waals surface area contributed by atoms with Gasteiger partial charge in [-0.05, 0) is 13.0 Å². The molecule has 4 nitrogen and oxygen atoms in total. The van der Waals surface area contributed by atoms with Crippen molar-refractivity contribution in [1.82, 2.24) is 4.98 Å². The Balaban J connectivity index is 2.15. The molecule has 0 radical (unpaired) electrons. The smallest absolute Gasteiger partial charge is 0.293 e. The zero-order valence-corrected chi connectivity index (χ0v) is 10.1. The average molecular weight is 257 g/mol. The van der Waals surface area contributed by atoms with E-state index in [0.717, 1.165) is 5.56 Å². The van der Waals surface area contributed by atoms with Crippen molar-refractivity contribution in [1.29, 1.82) is 0 Å². The molecule has 0 saturated carbocycles. The van der Waals surface area contributed by atoms with E-state index in [0.29, 0.717) is 16.8 Å². The standard InChI is InChI=1S/C10H9ClN2O2S/c1-6-7(5-11)4-8(15-6)9(14)13-10-12-2-3-16-10/h2-4H,5H2,1H3,(H,12,13,14). The molecule has 0 bridgehead atoms. The molecule has 2 rings (SSSR count). The molecule has 1 amide bonds. The number of anilines is 1. The Labute approximate surface area is 101 Å². The number of carbonyl (C=O) groups is 1. The SMILES string of the molecule is Cc1oc(C(=O)Nc2nccs2)cc1CCl. The van der Waals surface area contributed by atoms with Crippen LogP contribution in [0.15, 0.2) is 22.1 Å². The summed E-state index contributed by atoms with van der Waals surface area (Å²) in [4.78, 5) is 15.7. The van der Waals surface area contributed by atoms with Crippen molar-refractivity contribution in [2.45, 2.75) is 12.8 Å². The van der Waals surface area contributed by atoms with E-state index in [1.807, 2.05) is 0 Å². The van der Waals surface area contributed by atoms with E-state index in [-0.39, 0.29) is 11.7 Å². The van der Waals surface area contributed by atoms with Gasteiger partial charge in [-0.15, -0.1) is 22.9 Å². The second-order valence-corrected chi connectivity index (χ2v) is 4.28. The predicted molar refractivity (Wildman–Crippen MR) is 63.1 cm³/mol. The summed E-state index contributed by atoms with van der Waals surface area (Å²) in [6.45, 7) is 1.78. The lowest BCUT2D eigenvalue weighted by molar-refractivity contribution is 0.0995. The van der Waals surface area contributed by atoms with Gasteiger partial charge in [0.2, 0.25) is 0 Å². The molecule has 0 aliphatic carbocycles. The fourth-order valence-electron chi connectivity index (χ4n) is 1.21. The van der Waals surface area contributed by atoms with Crippen molar-refractivity contribution < 1.29 is 9.21 Å². The summed E-state index contributed by atoms with van der Waals surface area (Å²) in [6, 6.07) is 1.64. The molecule has 0 aromatic carbocycles. The van der Waals surface area contributed by atoms with Gasteiger partial charge in [-0.25, -0.2) is 4.98 Å². The maximum absolute atomic E-state index is 11.7. The van der Waals surface area contributed by atoms with Crippen LogP contribution in [0, 0.1) is 6.92 Å². The zero-order valence-electron chi connectivity index (χ0n) is 8.49. The summed E-state index contributed by atoms with van der Waals surface area (Å²) in [5.41, 5.74) is 0.825. The van der Waals surface area contributed by atoms with E-state index in [2.05, 4.69) is 10.3 Å². The molecule has 0 unspecified atom stereocenters. The average Bonchev–Trinajstić information content (AvgIpc) is 2.87. The molecule has 0 aliphatic heterocycles. The van der Waals surface area contributed by atoms with E-state index in [9.17, 15) is 4.79 Å². The molecule has 0 spiro atoms. The molecule has 0 aliphatic rings. The number of hydrogen-bond acceptors (Lipinski definition) is 4. The van der Waals surface area contributed by atoms with Crippen LogP contribution in [0.25, 0.3) is 0 Å². The Bertz CT molecular complexity index is 493. The first-order valence-electron chi connectivity index (χ1n) is 4.57. The lowest BCUT2D eigenvalue weighted by Crippen LogP contribution is -2.10. The molecule has 0 atom stereocenters. The fraction of sp³-hybridized carbons (Fsp3) is 0.200. The quantitative estimate of drug-likeness (QED) is 0.859. The first-order chi connectivity index (χ1) is 7.70. The summed E-state index contributed by atoms with van der Waals surface area (Å²) < 4.78 is 5.30. The summed E-state index contributed by atoms with van der Waals surface area (Å²) in [6.07, 6.45) is 1.62. The first kappa shape index (κ1) is 11.2.